The van der Waals surface area contributed by atoms with Gasteiger partial charge in [0.1, 0.15) is 0 Å². The lowest BCUT2D eigenvalue weighted by atomic mass is 10.1. The highest BCUT2D eigenvalue weighted by molar-refractivity contribution is 5.66. The molecule has 0 aromatic heterocycles. The first kappa shape index (κ1) is 12.9. The molecule has 17 heavy (non-hydrogen) atoms. The molecule has 0 atom stereocenters. The predicted molar refractivity (Wildman–Crippen MR) is 62.8 cm³/mol. The SMILES string of the molecule is CC(=O)OC/C(=C\c1ccccc1C)[N+](=O)[O-]. The monoisotopic (exact) mass is 235 g/mol. The fourth-order valence-corrected chi connectivity index (χ4v) is 1.25. The number of rotatable bonds is 4. The molecule has 0 N–H and O–H groups in total. The average Bonchev–Trinajstić information content (AvgIpc) is 2.25. The molecule has 0 aliphatic carbocycles. The van der Waals surface area contributed by atoms with Gasteiger partial charge in [0.15, 0.2) is 6.61 Å². The van der Waals surface area contributed by atoms with Gasteiger partial charge in [-0.1, -0.05) is 24.3 Å². The van der Waals surface area contributed by atoms with Crippen LogP contribution >= 0.6 is 0 Å². The summed E-state index contributed by atoms with van der Waals surface area (Å²) in [5.41, 5.74) is 1.52. The minimum absolute atomic E-state index is 0.144. The molecular formula is C12H13NO4. The van der Waals surface area contributed by atoms with Gasteiger partial charge in [-0.3, -0.25) is 14.9 Å². The first-order valence-electron chi connectivity index (χ1n) is 5.04. The Morgan fingerprint density at radius 3 is 2.65 bits per heavy atom. The zero-order valence-corrected chi connectivity index (χ0v) is 9.67. The quantitative estimate of drug-likeness (QED) is 0.455. The van der Waals surface area contributed by atoms with E-state index in [1.54, 1.807) is 12.1 Å². The first-order valence-corrected chi connectivity index (χ1v) is 5.04. The second-order valence-electron chi connectivity index (χ2n) is 3.53. The largest absolute Gasteiger partial charge is 0.454 e. The van der Waals surface area contributed by atoms with Crippen LogP contribution in [0.15, 0.2) is 30.0 Å². The van der Waals surface area contributed by atoms with E-state index >= 15 is 0 Å². The zero-order valence-electron chi connectivity index (χ0n) is 9.67. The smallest absolute Gasteiger partial charge is 0.303 e. The third-order valence-corrected chi connectivity index (χ3v) is 2.17. The highest BCUT2D eigenvalue weighted by Gasteiger charge is 2.13. The van der Waals surface area contributed by atoms with Crippen LogP contribution in [0.3, 0.4) is 0 Å². The summed E-state index contributed by atoms with van der Waals surface area (Å²) >= 11 is 0. The van der Waals surface area contributed by atoms with Gasteiger partial charge in [0.25, 0.3) is 5.70 Å². The Hall–Kier alpha value is -2.17. The third kappa shape index (κ3) is 4.06. The Morgan fingerprint density at radius 1 is 1.47 bits per heavy atom. The van der Waals surface area contributed by atoms with E-state index in [2.05, 4.69) is 4.74 Å². The Morgan fingerprint density at radius 2 is 2.12 bits per heavy atom. The van der Waals surface area contributed by atoms with Gasteiger partial charge in [-0.05, 0) is 18.1 Å². The molecule has 90 valence electrons. The highest BCUT2D eigenvalue weighted by atomic mass is 16.6. The van der Waals surface area contributed by atoms with Crippen LogP contribution in [-0.2, 0) is 9.53 Å². The van der Waals surface area contributed by atoms with Crippen molar-refractivity contribution >= 4 is 12.0 Å². The second kappa shape index (κ2) is 5.79. The molecule has 5 heteroatoms. The molecule has 1 aromatic carbocycles. The fraction of sp³-hybridized carbons (Fsp3) is 0.250. The zero-order chi connectivity index (χ0) is 12.8. The maximum atomic E-state index is 10.8. The number of hydrogen-bond donors (Lipinski definition) is 0. The standard InChI is InChI=1S/C12H13NO4/c1-9-5-3-4-6-11(9)7-12(13(15)16)8-17-10(2)14/h3-7H,8H2,1-2H3/b12-7+. The summed E-state index contributed by atoms with van der Waals surface area (Å²) in [7, 11) is 0. The van der Waals surface area contributed by atoms with Crippen LogP contribution in [0.4, 0.5) is 0 Å². The number of esters is 1. The van der Waals surface area contributed by atoms with Crippen LogP contribution in [0.1, 0.15) is 18.1 Å². The van der Waals surface area contributed by atoms with Gasteiger partial charge >= 0.3 is 5.97 Å². The first-order chi connectivity index (χ1) is 8.00. The van der Waals surface area contributed by atoms with Crippen LogP contribution in [0.2, 0.25) is 0 Å². The summed E-state index contributed by atoms with van der Waals surface area (Å²) in [5.74, 6) is -0.539. The van der Waals surface area contributed by atoms with Crippen molar-refractivity contribution in [2.24, 2.45) is 0 Å². The summed E-state index contributed by atoms with van der Waals surface area (Å²) in [5, 5.41) is 10.8. The van der Waals surface area contributed by atoms with Crippen LogP contribution in [0.5, 0.6) is 0 Å². The Kier molecular flexibility index (Phi) is 4.39. The summed E-state index contributed by atoms with van der Waals surface area (Å²) in [4.78, 5) is 20.8. The number of aryl methyl sites for hydroxylation is 1. The van der Waals surface area contributed by atoms with Crippen molar-refractivity contribution in [3.8, 4) is 0 Å². The van der Waals surface area contributed by atoms with E-state index in [0.717, 1.165) is 11.1 Å². The van der Waals surface area contributed by atoms with Gasteiger partial charge in [-0.25, -0.2) is 0 Å². The van der Waals surface area contributed by atoms with Crippen molar-refractivity contribution in [3.05, 3.63) is 51.2 Å². The number of hydrogen-bond acceptors (Lipinski definition) is 4. The van der Waals surface area contributed by atoms with Crippen molar-refractivity contribution in [1.82, 2.24) is 0 Å². The van der Waals surface area contributed by atoms with Gasteiger partial charge in [-0.15, -0.1) is 0 Å². The lowest BCUT2D eigenvalue weighted by Crippen LogP contribution is -2.09. The molecule has 1 rings (SSSR count). The van der Waals surface area contributed by atoms with Gasteiger partial charge in [0, 0.05) is 13.0 Å². The summed E-state index contributed by atoms with van der Waals surface area (Å²) < 4.78 is 4.63. The molecule has 0 aliphatic rings. The van der Waals surface area contributed by atoms with Crippen molar-refractivity contribution in [1.29, 1.82) is 0 Å². The van der Waals surface area contributed by atoms with Gasteiger partial charge in [-0.2, -0.15) is 0 Å². The molecule has 0 fully saturated rings. The maximum Gasteiger partial charge on any atom is 0.303 e. The topological polar surface area (TPSA) is 69.4 Å². The van der Waals surface area contributed by atoms with Crippen molar-refractivity contribution in [2.45, 2.75) is 13.8 Å². The molecule has 0 aliphatic heterocycles. The number of nitrogens with zero attached hydrogens (tertiary/aromatic N) is 1. The maximum absolute atomic E-state index is 10.8. The van der Waals surface area contributed by atoms with Crippen LogP contribution in [0.25, 0.3) is 6.08 Å². The summed E-state index contributed by atoms with van der Waals surface area (Å²) in [6, 6.07) is 7.27. The lowest BCUT2D eigenvalue weighted by Gasteiger charge is -2.02. The molecule has 1 aromatic rings. The average molecular weight is 235 g/mol. The number of carbonyl (C=O) groups is 1. The molecule has 0 spiro atoms. The van der Waals surface area contributed by atoms with Crippen LogP contribution in [-0.4, -0.2) is 17.5 Å². The number of benzene rings is 1. The molecule has 0 saturated carbocycles. The Labute approximate surface area is 98.9 Å². The van der Waals surface area contributed by atoms with E-state index in [1.165, 1.54) is 13.0 Å². The van der Waals surface area contributed by atoms with Crippen molar-refractivity contribution < 1.29 is 14.5 Å². The molecule has 0 bridgehead atoms. The highest BCUT2D eigenvalue weighted by Crippen LogP contribution is 2.12. The molecule has 5 nitrogen and oxygen atoms in total. The van der Waals surface area contributed by atoms with Gasteiger partial charge < -0.3 is 4.74 Å². The molecular weight excluding hydrogens is 222 g/mol. The lowest BCUT2D eigenvalue weighted by molar-refractivity contribution is -0.428. The fourth-order valence-electron chi connectivity index (χ4n) is 1.25. The van der Waals surface area contributed by atoms with Crippen LogP contribution < -0.4 is 0 Å². The van der Waals surface area contributed by atoms with E-state index in [9.17, 15) is 14.9 Å². The van der Waals surface area contributed by atoms with E-state index < -0.39 is 10.9 Å². The van der Waals surface area contributed by atoms with E-state index in [0.29, 0.717) is 0 Å². The Balaban J connectivity index is 2.94. The summed E-state index contributed by atoms with van der Waals surface area (Å²) in [6.07, 6.45) is 1.41. The molecule has 0 amide bonds. The van der Waals surface area contributed by atoms with E-state index in [4.69, 9.17) is 0 Å². The van der Waals surface area contributed by atoms with E-state index in [-0.39, 0.29) is 12.3 Å². The summed E-state index contributed by atoms with van der Waals surface area (Å²) in [6.45, 7) is 2.75. The number of carbonyl (C=O) groups excluding carboxylic acids is 1. The molecule has 0 unspecified atom stereocenters. The van der Waals surface area contributed by atoms with Crippen LogP contribution in [0, 0.1) is 17.0 Å². The van der Waals surface area contributed by atoms with Gasteiger partial charge in [0.2, 0.25) is 0 Å². The van der Waals surface area contributed by atoms with Crippen molar-refractivity contribution in [3.63, 3.8) is 0 Å². The second-order valence-corrected chi connectivity index (χ2v) is 3.53. The Bertz CT molecular complexity index is 465. The number of nitro groups is 1. The third-order valence-electron chi connectivity index (χ3n) is 2.17. The van der Waals surface area contributed by atoms with Crippen molar-refractivity contribution in [2.75, 3.05) is 6.61 Å². The molecule has 0 radical (unpaired) electrons. The van der Waals surface area contributed by atoms with Gasteiger partial charge in [0.05, 0.1) is 4.92 Å². The normalized spacial score (nSPS) is 11.1. The predicted octanol–water partition coefficient (Wildman–Crippen LogP) is 2.18. The number of ether oxygens (including phenoxy) is 1. The minimum atomic E-state index is -0.546. The molecule has 0 heterocycles. The van der Waals surface area contributed by atoms with E-state index in [1.807, 2.05) is 19.1 Å². The minimum Gasteiger partial charge on any atom is -0.454 e. The molecule has 0 saturated heterocycles.